The van der Waals surface area contributed by atoms with Crippen LogP contribution in [-0.2, 0) is 33.2 Å². The minimum atomic E-state index is 0.315. The van der Waals surface area contributed by atoms with Gasteiger partial charge in [-0.05, 0) is 136 Å². The Hall–Kier alpha value is -0.440. The summed E-state index contributed by atoms with van der Waals surface area (Å²) in [6.45, 7) is 87.4. The van der Waals surface area contributed by atoms with Gasteiger partial charge in [0.1, 0.15) is 13.0 Å². The molecule has 90 heavy (non-hydrogen) atoms. The molecule has 11 heteroatoms. The van der Waals surface area contributed by atoms with Gasteiger partial charge in [-0.1, -0.05) is 275 Å². The zero-order valence-corrected chi connectivity index (χ0v) is 68.9. The number of hydrogen-bond acceptors (Lipinski definition) is 11. The molecule has 8 unspecified atom stereocenters. The lowest BCUT2D eigenvalue weighted by Crippen LogP contribution is -2.28. The van der Waals surface area contributed by atoms with E-state index >= 15 is 0 Å². The molecule has 0 bridgehead atoms. The summed E-state index contributed by atoms with van der Waals surface area (Å²) in [5.41, 5.74) is 0. The Kier molecular flexibility index (Phi) is 102. The van der Waals surface area contributed by atoms with Crippen molar-refractivity contribution in [2.75, 3.05) is 79.4 Å². The summed E-state index contributed by atoms with van der Waals surface area (Å²) in [6, 6.07) is 2.22. The lowest BCUT2D eigenvalue weighted by atomic mass is 9.95. The summed E-state index contributed by atoms with van der Waals surface area (Å²) >= 11 is 0. The lowest BCUT2D eigenvalue weighted by molar-refractivity contribution is 0.0336. The third-order valence-corrected chi connectivity index (χ3v) is 15.8. The summed E-state index contributed by atoms with van der Waals surface area (Å²) in [6.07, 6.45) is 19.6. The van der Waals surface area contributed by atoms with Crippen LogP contribution in [0.15, 0.2) is 0 Å². The van der Waals surface area contributed by atoms with E-state index < -0.39 is 0 Å². The molecule has 1 aliphatic carbocycles. The second-order valence-corrected chi connectivity index (χ2v) is 25.1. The van der Waals surface area contributed by atoms with Crippen molar-refractivity contribution in [3.63, 3.8) is 0 Å². The predicted octanol–water partition coefficient (Wildman–Crippen LogP) is 22.4. The topological polar surface area (TPSA) is 113 Å². The Balaban J connectivity index is -0.000000113. The standard InChI is InChI=1S/C8H16.2C7H15N.3C7H14O.2C6H13NO.C6H12O2.9C2H6/c1-7(2)8-5-3-4-6-8;2*1-6(2)7-4-3-5-8-7;1-6(2)7-3-4-8-5-7;2*1-6(2)7-4-3-5-8-7;1-5(2)6-3-8-4-7-6;1-5(2)6-7-3-4-8-6;1-5(2)6-3-7-4-8-6;9*1-2/h7-8H,3-6H2,1-2H3;2*6-8H,3-5H2,1-2H3;3*6-7H,3-5H2,1-2H3;2*5-7H,3-4H2,1-2H3;5-6H,3-4H2,1-2H3;9*1-2H3. The number of hydrogen-bond donors (Lipinski definition) is 4. The van der Waals surface area contributed by atoms with Crippen molar-refractivity contribution in [3.05, 3.63) is 0 Å². The molecule has 8 atom stereocenters. The van der Waals surface area contributed by atoms with Crippen molar-refractivity contribution in [1.29, 1.82) is 0 Å². The Morgan fingerprint density at radius 1 is 0.256 bits per heavy atom. The Bertz CT molecular complexity index is 870. The number of ether oxygens (including phenoxy) is 7. The van der Waals surface area contributed by atoms with Crippen molar-refractivity contribution in [3.8, 4) is 0 Å². The molecule has 0 aromatic rings. The Morgan fingerprint density at radius 3 is 0.822 bits per heavy atom. The van der Waals surface area contributed by atoms with Crippen LogP contribution in [-0.4, -0.2) is 122 Å². The van der Waals surface area contributed by atoms with Gasteiger partial charge in [0.2, 0.25) is 0 Å². The van der Waals surface area contributed by atoms with Crippen molar-refractivity contribution >= 4 is 0 Å². The highest BCUT2D eigenvalue weighted by Gasteiger charge is 2.23. The smallest absolute Gasteiger partial charge is 0.147 e. The van der Waals surface area contributed by atoms with Gasteiger partial charge in [-0.3, -0.25) is 10.6 Å². The normalized spacial score (nSPS) is 23.7. The van der Waals surface area contributed by atoms with Gasteiger partial charge < -0.3 is 43.8 Å². The molecular weight excluding hydrogens is 1120 g/mol. The monoisotopic (exact) mass is 1300 g/mol. The first-order chi connectivity index (χ1) is 43.2. The van der Waals surface area contributed by atoms with Gasteiger partial charge in [0.25, 0.3) is 0 Å². The molecule has 0 radical (unpaired) electrons. The van der Waals surface area contributed by atoms with Crippen LogP contribution in [0.3, 0.4) is 0 Å². The molecule has 0 spiro atoms. The van der Waals surface area contributed by atoms with E-state index in [4.69, 9.17) is 33.2 Å². The van der Waals surface area contributed by atoms with E-state index in [0.717, 1.165) is 119 Å². The van der Waals surface area contributed by atoms with E-state index in [2.05, 4.69) is 146 Å². The van der Waals surface area contributed by atoms with Gasteiger partial charge >= 0.3 is 0 Å². The Morgan fingerprint density at radius 2 is 0.667 bits per heavy atom. The third kappa shape index (κ3) is 67.5. The molecule has 0 amide bonds. The van der Waals surface area contributed by atoms with E-state index in [9.17, 15) is 0 Å². The van der Waals surface area contributed by atoms with E-state index in [1.54, 1.807) is 0 Å². The van der Waals surface area contributed by atoms with Crippen molar-refractivity contribution in [2.45, 2.75) is 375 Å². The molecule has 0 aromatic carbocycles. The van der Waals surface area contributed by atoms with Crippen LogP contribution in [0.25, 0.3) is 0 Å². The molecule has 8 aliphatic heterocycles. The van der Waals surface area contributed by atoms with Crippen LogP contribution in [0, 0.1) is 65.1 Å². The quantitative estimate of drug-likeness (QED) is 0.177. The summed E-state index contributed by atoms with van der Waals surface area (Å²) in [5, 5.41) is 13.4. The molecule has 0 aromatic heterocycles. The minimum Gasteiger partial charge on any atom is -0.381 e. The third-order valence-electron chi connectivity index (χ3n) is 15.8. The molecule has 8 heterocycles. The van der Waals surface area contributed by atoms with Gasteiger partial charge in [-0.2, -0.15) is 0 Å². The predicted molar refractivity (Wildman–Crippen MR) is 408 cm³/mol. The molecule has 1 saturated carbocycles. The maximum Gasteiger partial charge on any atom is 0.147 e. The van der Waals surface area contributed by atoms with Gasteiger partial charge in [0, 0.05) is 51.1 Å². The van der Waals surface area contributed by atoms with E-state index in [1.165, 1.54) is 96.6 Å². The van der Waals surface area contributed by atoms with Gasteiger partial charge in [-0.25, -0.2) is 0 Å². The fourth-order valence-electron chi connectivity index (χ4n) is 9.97. The zero-order chi connectivity index (χ0) is 71.8. The highest BCUT2D eigenvalue weighted by molar-refractivity contribution is 4.78. The first-order valence-electron chi connectivity index (χ1n) is 39.4. The van der Waals surface area contributed by atoms with Crippen molar-refractivity contribution < 1.29 is 33.2 Å². The average molecular weight is 1300 g/mol. The minimum absolute atomic E-state index is 0.315. The molecule has 8 saturated heterocycles. The molecule has 9 fully saturated rings. The second kappa shape index (κ2) is 84.6. The van der Waals surface area contributed by atoms with Gasteiger partial charge in [-0.15, -0.1) is 0 Å². The van der Waals surface area contributed by atoms with Gasteiger partial charge in [0.05, 0.1) is 44.9 Å². The van der Waals surface area contributed by atoms with Crippen molar-refractivity contribution in [2.24, 2.45) is 65.1 Å². The average Bonchev–Trinajstić information content (AvgIpc) is 4.50. The number of rotatable bonds is 9. The lowest BCUT2D eigenvalue weighted by Gasteiger charge is -2.12. The molecule has 9 rings (SSSR count). The summed E-state index contributed by atoms with van der Waals surface area (Å²) in [7, 11) is 0. The highest BCUT2D eigenvalue weighted by Crippen LogP contribution is 2.30. The summed E-state index contributed by atoms with van der Waals surface area (Å²) < 4.78 is 36.6. The fourth-order valence-corrected chi connectivity index (χ4v) is 9.97. The van der Waals surface area contributed by atoms with Crippen LogP contribution in [0.2, 0.25) is 0 Å². The van der Waals surface area contributed by atoms with Crippen LogP contribution in [0.1, 0.15) is 333 Å². The molecule has 11 nitrogen and oxygen atoms in total. The van der Waals surface area contributed by atoms with Crippen LogP contribution in [0.4, 0.5) is 0 Å². The fraction of sp³-hybridized carbons (Fsp3) is 1.00. The van der Waals surface area contributed by atoms with E-state index in [0.29, 0.717) is 55.1 Å². The molecule has 4 N–H and O–H groups in total. The Labute approximate surface area is 571 Å². The first kappa shape index (κ1) is 108. The largest absolute Gasteiger partial charge is 0.381 e. The van der Waals surface area contributed by atoms with Gasteiger partial charge in [0.15, 0.2) is 0 Å². The molecule has 558 valence electrons. The maximum atomic E-state index is 5.41. The van der Waals surface area contributed by atoms with E-state index in [1.807, 2.05) is 125 Å². The van der Waals surface area contributed by atoms with Crippen LogP contribution < -0.4 is 21.3 Å². The first-order valence-corrected chi connectivity index (χ1v) is 39.4. The van der Waals surface area contributed by atoms with E-state index in [-0.39, 0.29) is 0 Å². The second-order valence-electron chi connectivity index (χ2n) is 25.1. The molecule has 9 aliphatic rings. The van der Waals surface area contributed by atoms with Crippen molar-refractivity contribution in [1.82, 2.24) is 21.3 Å². The molecular formula is C79H180N4O7. The maximum absolute atomic E-state index is 5.41. The number of nitrogens with one attached hydrogen (secondary N) is 4. The summed E-state index contributed by atoms with van der Waals surface area (Å²) in [4.78, 5) is 0. The highest BCUT2D eigenvalue weighted by atomic mass is 16.7. The van der Waals surface area contributed by atoms with Crippen LogP contribution >= 0.6 is 0 Å². The zero-order valence-electron chi connectivity index (χ0n) is 68.9. The van der Waals surface area contributed by atoms with Crippen LogP contribution in [0.5, 0.6) is 0 Å². The summed E-state index contributed by atoms with van der Waals surface area (Å²) in [5.74, 6) is 8.68. The SMILES string of the molecule is CC.CC.CC.CC.CC.CC.CC.CC.CC.CC(C)C1CCCC1.CC(C)C1CCCN1.CC(C)C1CCCN1.CC(C)C1CCCO1.CC(C)C1CCCO1.CC(C)C1CCOC1.CC(C)C1COCN1.CC(C)C1COCO1.CC(C)C1NCCO1.